The van der Waals surface area contributed by atoms with Crippen LogP contribution < -0.4 is 0 Å². The first-order chi connectivity index (χ1) is 8.08. The Balaban J connectivity index is 2.08. The largest absolute Gasteiger partial charge is 0.294 e. The van der Waals surface area contributed by atoms with E-state index in [1.165, 1.54) is 6.42 Å². The lowest BCUT2D eigenvalue weighted by molar-refractivity contribution is 0.0837. The highest BCUT2D eigenvalue weighted by molar-refractivity contribution is 9.10. The lowest BCUT2D eigenvalue weighted by atomic mass is 9.73. The topological polar surface area (TPSA) is 17.1 Å². The second-order valence-corrected chi connectivity index (χ2v) is 6.25. The monoisotopic (exact) mass is 294 g/mol. The van der Waals surface area contributed by atoms with Gasteiger partial charge in [-0.05, 0) is 43.2 Å². The lowest BCUT2D eigenvalue weighted by Gasteiger charge is -2.31. The number of hydrogen-bond donors (Lipinski definition) is 0. The van der Waals surface area contributed by atoms with Crippen molar-refractivity contribution in [3.8, 4) is 0 Å². The number of hydrogen-bond acceptors (Lipinski definition) is 1. The molecule has 1 saturated carbocycles. The van der Waals surface area contributed by atoms with Crippen LogP contribution in [0.4, 0.5) is 0 Å². The van der Waals surface area contributed by atoms with E-state index in [1.54, 1.807) is 0 Å². The molecule has 1 nitrogen and oxygen atoms in total. The van der Waals surface area contributed by atoms with Gasteiger partial charge in [-0.2, -0.15) is 0 Å². The predicted molar refractivity (Wildman–Crippen MR) is 74.1 cm³/mol. The molecule has 2 heteroatoms. The van der Waals surface area contributed by atoms with E-state index in [2.05, 4.69) is 29.8 Å². The van der Waals surface area contributed by atoms with E-state index in [1.807, 2.05) is 24.3 Å². The minimum absolute atomic E-state index is 0.238. The standard InChI is InChI=1S/C15H19BrO/c1-10-3-4-13(9-11(10)2)15(17)12-5-7-14(16)8-6-12/h5-8,10-11,13H,3-4,9H2,1-2H3. The molecule has 0 saturated heterocycles. The number of halogens is 1. The Bertz CT molecular complexity index is 396. The number of Topliss-reactive ketones (excluding diaryl/α,β-unsaturated/α-hetero) is 1. The molecule has 0 heterocycles. The third-order valence-corrected chi connectivity index (χ3v) is 4.63. The second kappa shape index (κ2) is 5.34. The molecule has 1 aromatic rings. The molecule has 3 unspecified atom stereocenters. The van der Waals surface area contributed by atoms with E-state index in [-0.39, 0.29) is 5.92 Å². The van der Waals surface area contributed by atoms with Gasteiger partial charge in [-0.15, -0.1) is 0 Å². The summed E-state index contributed by atoms with van der Waals surface area (Å²) in [7, 11) is 0. The molecule has 92 valence electrons. The lowest BCUT2D eigenvalue weighted by Crippen LogP contribution is -2.26. The summed E-state index contributed by atoms with van der Waals surface area (Å²) in [4.78, 5) is 12.3. The Kier molecular flexibility index (Phi) is 4.03. The molecule has 0 spiro atoms. The minimum atomic E-state index is 0.238. The molecule has 0 radical (unpaired) electrons. The maximum Gasteiger partial charge on any atom is 0.165 e. The highest BCUT2D eigenvalue weighted by atomic mass is 79.9. The first-order valence-electron chi connectivity index (χ1n) is 6.37. The zero-order chi connectivity index (χ0) is 12.4. The fourth-order valence-corrected chi connectivity index (χ4v) is 2.90. The molecule has 1 aliphatic carbocycles. The molecule has 1 aromatic carbocycles. The SMILES string of the molecule is CC1CCC(C(=O)c2ccc(Br)cc2)CC1C. The molecule has 1 aliphatic rings. The van der Waals surface area contributed by atoms with Gasteiger partial charge in [0.1, 0.15) is 0 Å². The molecule has 0 amide bonds. The number of rotatable bonds is 2. The van der Waals surface area contributed by atoms with E-state index in [0.29, 0.717) is 11.7 Å². The van der Waals surface area contributed by atoms with Crippen LogP contribution in [-0.4, -0.2) is 5.78 Å². The van der Waals surface area contributed by atoms with Crippen molar-refractivity contribution in [2.75, 3.05) is 0 Å². The van der Waals surface area contributed by atoms with Crippen molar-refractivity contribution in [1.82, 2.24) is 0 Å². The van der Waals surface area contributed by atoms with Gasteiger partial charge in [-0.1, -0.05) is 41.9 Å². The average Bonchev–Trinajstić information content (AvgIpc) is 2.33. The zero-order valence-corrected chi connectivity index (χ0v) is 12.0. The smallest absolute Gasteiger partial charge is 0.165 e. The van der Waals surface area contributed by atoms with Crippen molar-refractivity contribution >= 4 is 21.7 Å². The van der Waals surface area contributed by atoms with Gasteiger partial charge in [-0.25, -0.2) is 0 Å². The number of carbonyl (C=O) groups excluding carboxylic acids is 1. The van der Waals surface area contributed by atoms with Crippen LogP contribution in [0, 0.1) is 17.8 Å². The first kappa shape index (κ1) is 12.8. The molecular weight excluding hydrogens is 276 g/mol. The van der Waals surface area contributed by atoms with E-state index in [9.17, 15) is 4.79 Å². The number of carbonyl (C=O) groups is 1. The quantitative estimate of drug-likeness (QED) is 0.722. The summed E-state index contributed by atoms with van der Waals surface area (Å²) >= 11 is 3.40. The highest BCUT2D eigenvalue weighted by Crippen LogP contribution is 2.35. The fraction of sp³-hybridized carbons (Fsp3) is 0.533. The molecule has 0 aliphatic heterocycles. The van der Waals surface area contributed by atoms with E-state index < -0.39 is 0 Å². The Morgan fingerprint density at radius 2 is 1.76 bits per heavy atom. The molecule has 0 bridgehead atoms. The van der Waals surface area contributed by atoms with E-state index >= 15 is 0 Å². The molecule has 1 fully saturated rings. The summed E-state index contributed by atoms with van der Waals surface area (Å²) in [6.45, 7) is 4.57. The van der Waals surface area contributed by atoms with Crippen molar-refractivity contribution in [2.45, 2.75) is 33.1 Å². The van der Waals surface area contributed by atoms with Gasteiger partial charge in [0, 0.05) is 16.0 Å². The summed E-state index contributed by atoms with van der Waals surface area (Å²) in [5.74, 6) is 2.01. The summed E-state index contributed by atoms with van der Waals surface area (Å²) in [5, 5.41) is 0. The van der Waals surface area contributed by atoms with Gasteiger partial charge in [0.15, 0.2) is 5.78 Å². The van der Waals surface area contributed by atoms with Crippen LogP contribution in [0.5, 0.6) is 0 Å². The summed E-state index contributed by atoms with van der Waals surface area (Å²) < 4.78 is 1.03. The van der Waals surface area contributed by atoms with Crippen LogP contribution >= 0.6 is 15.9 Å². The van der Waals surface area contributed by atoms with Gasteiger partial charge < -0.3 is 0 Å². The third kappa shape index (κ3) is 2.98. The zero-order valence-electron chi connectivity index (χ0n) is 10.4. The van der Waals surface area contributed by atoms with Gasteiger partial charge in [-0.3, -0.25) is 4.79 Å². The molecule has 0 aromatic heterocycles. The predicted octanol–water partition coefficient (Wildman–Crippen LogP) is 4.70. The van der Waals surface area contributed by atoms with Crippen molar-refractivity contribution < 1.29 is 4.79 Å². The number of benzene rings is 1. The molecule has 0 N–H and O–H groups in total. The van der Waals surface area contributed by atoms with Crippen LogP contribution in [-0.2, 0) is 0 Å². The van der Waals surface area contributed by atoms with Crippen molar-refractivity contribution in [3.63, 3.8) is 0 Å². The van der Waals surface area contributed by atoms with Crippen molar-refractivity contribution in [3.05, 3.63) is 34.3 Å². The maximum absolute atomic E-state index is 12.3. The average molecular weight is 295 g/mol. The second-order valence-electron chi connectivity index (χ2n) is 5.34. The summed E-state index contributed by atoms with van der Waals surface area (Å²) in [5.41, 5.74) is 0.861. The van der Waals surface area contributed by atoms with Crippen LogP contribution in [0.2, 0.25) is 0 Å². The molecule has 3 atom stereocenters. The minimum Gasteiger partial charge on any atom is -0.294 e. The normalized spacial score (nSPS) is 29.0. The van der Waals surface area contributed by atoms with Gasteiger partial charge >= 0.3 is 0 Å². The highest BCUT2D eigenvalue weighted by Gasteiger charge is 2.29. The van der Waals surface area contributed by atoms with Gasteiger partial charge in [0.2, 0.25) is 0 Å². The van der Waals surface area contributed by atoms with Crippen molar-refractivity contribution in [2.24, 2.45) is 17.8 Å². The Morgan fingerprint density at radius 3 is 2.35 bits per heavy atom. The van der Waals surface area contributed by atoms with E-state index in [0.717, 1.165) is 28.8 Å². The molecule has 17 heavy (non-hydrogen) atoms. The first-order valence-corrected chi connectivity index (χ1v) is 7.17. The fourth-order valence-electron chi connectivity index (χ4n) is 2.64. The molecule has 2 rings (SSSR count). The summed E-state index contributed by atoms with van der Waals surface area (Å²) in [6.07, 6.45) is 3.30. The Labute approximate surface area is 112 Å². The van der Waals surface area contributed by atoms with Crippen LogP contribution in [0.25, 0.3) is 0 Å². The Morgan fingerprint density at radius 1 is 1.12 bits per heavy atom. The van der Waals surface area contributed by atoms with Crippen LogP contribution in [0.15, 0.2) is 28.7 Å². The maximum atomic E-state index is 12.3. The number of ketones is 1. The van der Waals surface area contributed by atoms with Crippen molar-refractivity contribution in [1.29, 1.82) is 0 Å². The Hall–Kier alpha value is -0.630. The molecular formula is C15H19BrO. The van der Waals surface area contributed by atoms with Crippen LogP contribution in [0.3, 0.4) is 0 Å². The van der Waals surface area contributed by atoms with Gasteiger partial charge in [0.25, 0.3) is 0 Å². The summed E-state index contributed by atoms with van der Waals surface area (Å²) in [6, 6.07) is 7.74. The van der Waals surface area contributed by atoms with E-state index in [4.69, 9.17) is 0 Å². The third-order valence-electron chi connectivity index (χ3n) is 4.10. The van der Waals surface area contributed by atoms with Crippen LogP contribution in [0.1, 0.15) is 43.5 Å². The van der Waals surface area contributed by atoms with Gasteiger partial charge in [0.05, 0.1) is 0 Å².